The molecule has 5 nitrogen and oxygen atoms in total. The molecule has 0 spiro atoms. The van der Waals surface area contributed by atoms with Crippen LogP contribution in [0.4, 0.5) is 0 Å². The maximum Gasteiger partial charge on any atom is 0.469 e. The van der Waals surface area contributed by atoms with E-state index in [1.54, 1.807) is 0 Å². The molecule has 12 heavy (non-hydrogen) atoms. The van der Waals surface area contributed by atoms with Crippen molar-refractivity contribution in [2.24, 2.45) is 5.73 Å². The van der Waals surface area contributed by atoms with Gasteiger partial charge in [-0.15, -0.1) is 26.3 Å². The Kier molecular flexibility index (Phi) is 19.3. The molecule has 0 aliphatic rings. The summed E-state index contributed by atoms with van der Waals surface area (Å²) in [6.45, 7) is 12.0. The summed E-state index contributed by atoms with van der Waals surface area (Å²) in [5.41, 5.74) is 4.87. The van der Waals surface area contributed by atoms with E-state index in [0.29, 0.717) is 0 Å². The topological polar surface area (TPSA) is 92.8 Å². The highest BCUT2D eigenvalue weighted by Gasteiger charge is 2.11. The van der Waals surface area contributed by atoms with E-state index in [0.717, 1.165) is 0 Å². The molecule has 0 saturated heterocycles. The van der Waals surface area contributed by atoms with Crippen molar-refractivity contribution in [1.29, 1.82) is 0 Å². The van der Waals surface area contributed by atoms with Gasteiger partial charge in [0, 0.05) is 6.54 Å². The van der Waals surface area contributed by atoms with Gasteiger partial charge in [-0.2, -0.15) is 0 Å². The first-order valence-electron chi connectivity index (χ1n) is 2.96. The van der Waals surface area contributed by atoms with Gasteiger partial charge in [0.05, 0.1) is 6.61 Å². The molecule has 0 aromatic carbocycles. The van der Waals surface area contributed by atoms with E-state index in [1.165, 1.54) is 0 Å². The quantitative estimate of drug-likeness (QED) is 0.456. The summed E-state index contributed by atoms with van der Waals surface area (Å²) in [4.78, 5) is 16.0. The van der Waals surface area contributed by atoms with Gasteiger partial charge in [-0.3, -0.25) is 4.52 Å². The fourth-order valence-electron chi connectivity index (χ4n) is 0.172. The van der Waals surface area contributed by atoms with Crippen LogP contribution in [0.2, 0.25) is 0 Å². The molecule has 4 N–H and O–H groups in total. The van der Waals surface area contributed by atoms with Crippen molar-refractivity contribution in [2.45, 2.75) is 0 Å². The van der Waals surface area contributed by atoms with Crippen molar-refractivity contribution in [2.75, 3.05) is 13.2 Å². The van der Waals surface area contributed by atoms with E-state index in [-0.39, 0.29) is 13.2 Å². The van der Waals surface area contributed by atoms with Crippen molar-refractivity contribution in [1.82, 2.24) is 0 Å². The van der Waals surface area contributed by atoms with Crippen LogP contribution in [-0.4, -0.2) is 22.9 Å². The Bertz CT molecular complexity index is 123. The zero-order chi connectivity index (χ0) is 10.6. The second-order valence-corrected chi connectivity index (χ2v) is 2.35. The standard InChI is InChI=1S/C2H8NO4P.2C2H4/c3-1-2-7-8(4,5)6;2*1-2/h1-3H2,(H2,4,5,6);2*1-2H2. The van der Waals surface area contributed by atoms with Crippen molar-refractivity contribution in [3.8, 4) is 0 Å². The Hall–Kier alpha value is -0.450. The highest BCUT2D eigenvalue weighted by atomic mass is 31.2. The normalized spacial score (nSPS) is 8.58. The number of phosphoric ester groups is 1. The van der Waals surface area contributed by atoms with Crippen LogP contribution < -0.4 is 5.73 Å². The van der Waals surface area contributed by atoms with E-state index in [2.05, 4.69) is 30.8 Å². The van der Waals surface area contributed by atoms with Crippen molar-refractivity contribution in [3.05, 3.63) is 26.3 Å². The minimum absolute atomic E-state index is 0.107. The molecular weight excluding hydrogens is 181 g/mol. The van der Waals surface area contributed by atoms with Crippen LogP contribution >= 0.6 is 7.82 Å². The van der Waals surface area contributed by atoms with Crippen LogP contribution in [0.25, 0.3) is 0 Å². The number of hydrogen-bond donors (Lipinski definition) is 3. The first kappa shape index (κ1) is 17.6. The van der Waals surface area contributed by atoms with Crippen LogP contribution in [-0.2, 0) is 9.09 Å². The molecule has 0 heterocycles. The fourth-order valence-corrected chi connectivity index (χ4v) is 0.515. The van der Waals surface area contributed by atoms with Gasteiger partial charge in [0.2, 0.25) is 0 Å². The summed E-state index contributed by atoms with van der Waals surface area (Å²) in [5, 5.41) is 0. The lowest BCUT2D eigenvalue weighted by molar-refractivity contribution is 0.202. The molecule has 0 radical (unpaired) electrons. The molecule has 0 saturated carbocycles. The first-order chi connectivity index (χ1) is 5.56. The van der Waals surface area contributed by atoms with Crippen LogP contribution in [0.5, 0.6) is 0 Å². The molecule has 74 valence electrons. The van der Waals surface area contributed by atoms with Crippen LogP contribution in [0.15, 0.2) is 26.3 Å². The highest BCUT2D eigenvalue weighted by molar-refractivity contribution is 7.46. The Morgan fingerprint density at radius 1 is 1.25 bits per heavy atom. The summed E-state index contributed by atoms with van der Waals surface area (Å²) in [6, 6.07) is 0. The molecular formula is C6H16NO4P. The zero-order valence-electron chi connectivity index (χ0n) is 6.98. The molecule has 0 aromatic rings. The van der Waals surface area contributed by atoms with Gasteiger partial charge in [-0.1, -0.05) is 0 Å². The van der Waals surface area contributed by atoms with Gasteiger partial charge in [0.1, 0.15) is 0 Å². The maximum atomic E-state index is 9.81. The Labute approximate surface area is 72.8 Å². The van der Waals surface area contributed by atoms with E-state index >= 15 is 0 Å². The molecule has 0 bridgehead atoms. The highest BCUT2D eigenvalue weighted by Crippen LogP contribution is 2.34. The number of phosphoric acid groups is 1. The Morgan fingerprint density at radius 2 is 1.58 bits per heavy atom. The summed E-state index contributed by atoms with van der Waals surface area (Å²) in [7, 11) is -4.26. The van der Waals surface area contributed by atoms with Gasteiger partial charge in [-0.05, 0) is 0 Å². The van der Waals surface area contributed by atoms with Gasteiger partial charge in [0.15, 0.2) is 0 Å². The fraction of sp³-hybridized carbons (Fsp3) is 0.333. The molecule has 0 unspecified atom stereocenters. The molecule has 0 aliphatic carbocycles. The minimum atomic E-state index is -4.26. The van der Waals surface area contributed by atoms with Crippen molar-refractivity contribution < 1.29 is 18.9 Å². The SMILES string of the molecule is C=C.C=C.NCCOP(=O)(O)O. The van der Waals surface area contributed by atoms with E-state index in [9.17, 15) is 4.57 Å². The third-order valence-corrected chi connectivity index (χ3v) is 0.896. The zero-order valence-corrected chi connectivity index (χ0v) is 7.87. The van der Waals surface area contributed by atoms with Gasteiger partial charge >= 0.3 is 7.82 Å². The van der Waals surface area contributed by atoms with Crippen LogP contribution in [0.1, 0.15) is 0 Å². The molecule has 6 heteroatoms. The molecule has 0 amide bonds. The number of hydrogen-bond acceptors (Lipinski definition) is 3. The predicted molar refractivity (Wildman–Crippen MR) is 49.6 cm³/mol. The monoisotopic (exact) mass is 197 g/mol. The van der Waals surface area contributed by atoms with Gasteiger partial charge in [0.25, 0.3) is 0 Å². The first-order valence-corrected chi connectivity index (χ1v) is 4.49. The van der Waals surface area contributed by atoms with Gasteiger partial charge < -0.3 is 15.5 Å². The van der Waals surface area contributed by atoms with E-state index in [4.69, 9.17) is 15.5 Å². The average molecular weight is 197 g/mol. The van der Waals surface area contributed by atoms with Crippen molar-refractivity contribution >= 4 is 7.82 Å². The summed E-state index contributed by atoms with van der Waals surface area (Å²) >= 11 is 0. The maximum absolute atomic E-state index is 9.81. The van der Waals surface area contributed by atoms with E-state index < -0.39 is 7.82 Å². The van der Waals surface area contributed by atoms with Crippen molar-refractivity contribution in [3.63, 3.8) is 0 Å². The lowest BCUT2D eigenvalue weighted by Crippen LogP contribution is -2.06. The molecule has 0 aromatic heterocycles. The van der Waals surface area contributed by atoms with E-state index in [1.807, 2.05) is 0 Å². The smallest absolute Gasteiger partial charge is 0.328 e. The molecule has 0 aliphatic heterocycles. The summed E-state index contributed by atoms with van der Waals surface area (Å²) in [5.74, 6) is 0. The Morgan fingerprint density at radius 3 is 1.67 bits per heavy atom. The molecule has 0 fully saturated rings. The van der Waals surface area contributed by atoms with Gasteiger partial charge in [-0.25, -0.2) is 4.57 Å². The summed E-state index contributed by atoms with van der Waals surface area (Å²) < 4.78 is 13.7. The number of nitrogens with two attached hydrogens (primary N) is 1. The third kappa shape index (κ3) is 33.7. The lowest BCUT2D eigenvalue weighted by atomic mass is 10.8. The number of rotatable bonds is 3. The van der Waals surface area contributed by atoms with Crippen LogP contribution in [0, 0.1) is 0 Å². The van der Waals surface area contributed by atoms with Crippen LogP contribution in [0.3, 0.4) is 0 Å². The minimum Gasteiger partial charge on any atom is -0.328 e. The molecule has 0 atom stereocenters. The second-order valence-electron chi connectivity index (χ2n) is 1.11. The predicted octanol–water partition coefficient (Wildman–Crippen LogP) is 0.659. The lowest BCUT2D eigenvalue weighted by Gasteiger charge is -2.00. The third-order valence-electron chi connectivity index (χ3n) is 0.377. The summed E-state index contributed by atoms with van der Waals surface area (Å²) in [6.07, 6.45) is 0. The molecule has 0 rings (SSSR count). The largest absolute Gasteiger partial charge is 0.469 e. The second kappa shape index (κ2) is 13.2. The average Bonchev–Trinajstić information content (AvgIpc) is 2.07. The Balaban J connectivity index is -0.000000175.